The van der Waals surface area contributed by atoms with Crippen LogP contribution in [0, 0.1) is 16.7 Å². The van der Waals surface area contributed by atoms with Gasteiger partial charge in [0.15, 0.2) is 5.41 Å². The molecule has 5 rings (SSSR count). The van der Waals surface area contributed by atoms with Crippen LogP contribution in [0.15, 0.2) is 71.4 Å². The van der Waals surface area contributed by atoms with Gasteiger partial charge in [-0.3, -0.25) is 9.59 Å². The summed E-state index contributed by atoms with van der Waals surface area (Å²) in [6, 6.07) is 10.4. The molecule has 172 valence electrons. The molecule has 0 atom stereocenters. The summed E-state index contributed by atoms with van der Waals surface area (Å²) in [5.74, 6) is -0.486. The van der Waals surface area contributed by atoms with E-state index in [1.54, 1.807) is 0 Å². The number of allylic oxidation sites excluding steroid dienone is 8. The first-order valence-corrected chi connectivity index (χ1v) is 12.0. The van der Waals surface area contributed by atoms with Gasteiger partial charge in [-0.1, -0.05) is 60.2 Å². The molecule has 0 radical (unpaired) electrons. The molecule has 0 aliphatic heterocycles. The quantitative estimate of drug-likeness (QED) is 0.327. The molecule has 4 heteroatoms. The van der Waals surface area contributed by atoms with E-state index in [1.165, 1.54) is 51.0 Å². The van der Waals surface area contributed by atoms with Crippen molar-refractivity contribution in [2.75, 3.05) is 14.2 Å². The van der Waals surface area contributed by atoms with Crippen molar-refractivity contribution in [3.8, 4) is 0 Å². The van der Waals surface area contributed by atoms with Gasteiger partial charge in [0.1, 0.15) is 0 Å². The van der Waals surface area contributed by atoms with Crippen LogP contribution >= 0.6 is 0 Å². The fourth-order valence-corrected chi connectivity index (χ4v) is 5.59. The molecule has 1 aromatic rings. The third-order valence-corrected chi connectivity index (χ3v) is 7.79. The van der Waals surface area contributed by atoms with Crippen LogP contribution in [-0.4, -0.2) is 26.2 Å². The van der Waals surface area contributed by atoms with Gasteiger partial charge in [-0.2, -0.15) is 0 Å². The van der Waals surface area contributed by atoms with Crippen molar-refractivity contribution < 1.29 is 19.1 Å². The Morgan fingerprint density at radius 3 is 2.24 bits per heavy atom. The van der Waals surface area contributed by atoms with Crippen LogP contribution in [0.25, 0.3) is 5.57 Å². The Hall–Kier alpha value is -2.88. The monoisotopic (exact) mass is 444 g/mol. The predicted molar refractivity (Wildman–Crippen MR) is 128 cm³/mol. The van der Waals surface area contributed by atoms with Crippen LogP contribution in [0.3, 0.4) is 0 Å². The minimum Gasteiger partial charge on any atom is -0.468 e. The maximum atomic E-state index is 13.0. The largest absolute Gasteiger partial charge is 0.468 e. The maximum Gasteiger partial charge on any atom is 0.323 e. The molecule has 1 aromatic carbocycles. The third kappa shape index (κ3) is 4.01. The molecule has 4 aliphatic rings. The third-order valence-electron chi connectivity index (χ3n) is 7.79. The van der Waals surface area contributed by atoms with Crippen LogP contribution in [-0.2, 0) is 19.1 Å². The molecule has 2 fully saturated rings. The lowest BCUT2D eigenvalue weighted by Gasteiger charge is -2.24. The smallest absolute Gasteiger partial charge is 0.323 e. The topological polar surface area (TPSA) is 52.6 Å². The van der Waals surface area contributed by atoms with E-state index in [2.05, 4.69) is 48.6 Å². The summed E-state index contributed by atoms with van der Waals surface area (Å²) in [6.07, 6.45) is 16.6. The number of benzene rings is 1. The normalized spacial score (nSPS) is 27.3. The molecule has 4 aliphatic carbocycles. The Morgan fingerprint density at radius 1 is 0.939 bits per heavy atom. The number of esters is 2. The van der Waals surface area contributed by atoms with Crippen molar-refractivity contribution in [1.29, 1.82) is 0 Å². The summed E-state index contributed by atoms with van der Waals surface area (Å²) >= 11 is 0. The van der Waals surface area contributed by atoms with E-state index in [4.69, 9.17) is 9.47 Å². The Bertz CT molecular complexity index is 1060. The predicted octanol–water partition coefficient (Wildman–Crippen LogP) is 5.96. The van der Waals surface area contributed by atoms with Crippen molar-refractivity contribution in [2.24, 2.45) is 16.7 Å². The highest BCUT2D eigenvalue weighted by Crippen LogP contribution is 2.55. The fraction of sp³-hybridized carbons (Fsp3) is 0.448. The number of carbonyl (C=O) groups is 2. The van der Waals surface area contributed by atoms with E-state index in [0.717, 1.165) is 29.6 Å². The van der Waals surface area contributed by atoms with Gasteiger partial charge in [-0.25, -0.2) is 0 Å². The van der Waals surface area contributed by atoms with E-state index < -0.39 is 17.4 Å². The SMILES string of the molecule is COC(=O)C1(C(=O)OC)CC2=C(C1)/C(c1ccccc1)=C(C1CC1)/C=C/CC1(/C=C\C2)CC1. The van der Waals surface area contributed by atoms with Gasteiger partial charge in [-0.05, 0) is 78.6 Å². The molecule has 0 amide bonds. The molecule has 0 aromatic heterocycles. The first-order valence-electron chi connectivity index (χ1n) is 12.0. The average molecular weight is 445 g/mol. The lowest BCUT2D eigenvalue weighted by Crippen LogP contribution is -2.39. The summed E-state index contributed by atoms with van der Waals surface area (Å²) in [6.45, 7) is 0. The number of rotatable bonds is 4. The van der Waals surface area contributed by atoms with Crippen LogP contribution in [0.4, 0.5) is 0 Å². The van der Waals surface area contributed by atoms with Gasteiger partial charge in [0.2, 0.25) is 0 Å². The highest BCUT2D eigenvalue weighted by molar-refractivity contribution is 6.03. The van der Waals surface area contributed by atoms with Gasteiger partial charge < -0.3 is 9.47 Å². The van der Waals surface area contributed by atoms with Crippen LogP contribution in [0.1, 0.15) is 56.9 Å². The van der Waals surface area contributed by atoms with E-state index >= 15 is 0 Å². The Labute approximate surface area is 196 Å². The van der Waals surface area contributed by atoms with Gasteiger partial charge in [-0.15, -0.1) is 0 Å². The first-order chi connectivity index (χ1) is 16.0. The molecular formula is C29H32O4. The van der Waals surface area contributed by atoms with Gasteiger partial charge in [0, 0.05) is 6.42 Å². The van der Waals surface area contributed by atoms with Crippen molar-refractivity contribution in [3.63, 3.8) is 0 Å². The highest BCUT2D eigenvalue weighted by atomic mass is 16.5. The minimum atomic E-state index is -1.32. The summed E-state index contributed by atoms with van der Waals surface area (Å²) in [4.78, 5) is 26.1. The Kier molecular flexibility index (Phi) is 5.64. The molecule has 0 N–H and O–H groups in total. The van der Waals surface area contributed by atoms with Crippen molar-refractivity contribution in [1.82, 2.24) is 0 Å². The fourth-order valence-electron chi connectivity index (χ4n) is 5.59. The number of hydrogen-bond donors (Lipinski definition) is 0. The molecule has 4 nitrogen and oxygen atoms in total. The lowest BCUT2D eigenvalue weighted by molar-refractivity contribution is -0.168. The van der Waals surface area contributed by atoms with Crippen LogP contribution < -0.4 is 0 Å². The van der Waals surface area contributed by atoms with Crippen molar-refractivity contribution in [2.45, 2.75) is 51.4 Å². The Morgan fingerprint density at radius 2 is 1.64 bits per heavy atom. The van der Waals surface area contributed by atoms with E-state index in [1.807, 2.05) is 6.07 Å². The summed E-state index contributed by atoms with van der Waals surface area (Å²) in [5, 5.41) is 0. The second-order valence-electron chi connectivity index (χ2n) is 10.0. The number of carbonyl (C=O) groups excluding carboxylic acids is 2. The summed E-state index contributed by atoms with van der Waals surface area (Å²) in [5.41, 5.74) is 4.90. The molecule has 0 heterocycles. The van der Waals surface area contributed by atoms with E-state index in [-0.39, 0.29) is 5.41 Å². The molecule has 0 bridgehead atoms. The number of hydrogen-bond acceptors (Lipinski definition) is 4. The van der Waals surface area contributed by atoms with Crippen molar-refractivity contribution in [3.05, 3.63) is 76.9 Å². The lowest BCUT2D eigenvalue weighted by atomic mass is 9.81. The summed E-state index contributed by atoms with van der Waals surface area (Å²) < 4.78 is 10.3. The van der Waals surface area contributed by atoms with Crippen molar-refractivity contribution >= 4 is 17.5 Å². The highest BCUT2D eigenvalue weighted by Gasteiger charge is 2.54. The minimum absolute atomic E-state index is 0.281. The second-order valence-corrected chi connectivity index (χ2v) is 10.0. The molecule has 1 spiro atoms. The van der Waals surface area contributed by atoms with Gasteiger partial charge in [0.25, 0.3) is 0 Å². The average Bonchev–Trinajstić information content (AvgIpc) is 3.77. The zero-order chi connectivity index (χ0) is 23.1. The van der Waals surface area contributed by atoms with Gasteiger partial charge >= 0.3 is 11.9 Å². The molecule has 2 saturated carbocycles. The molecule has 33 heavy (non-hydrogen) atoms. The van der Waals surface area contributed by atoms with Crippen LogP contribution in [0.2, 0.25) is 0 Å². The van der Waals surface area contributed by atoms with Crippen LogP contribution in [0.5, 0.6) is 0 Å². The number of ether oxygens (including phenoxy) is 2. The first kappa shape index (κ1) is 21.9. The molecular weight excluding hydrogens is 412 g/mol. The second kappa shape index (κ2) is 8.48. The Balaban J connectivity index is 1.70. The molecule has 0 saturated heterocycles. The van der Waals surface area contributed by atoms with E-state index in [9.17, 15) is 9.59 Å². The molecule has 0 unspecified atom stereocenters. The number of methoxy groups -OCH3 is 2. The zero-order valence-electron chi connectivity index (χ0n) is 19.6. The zero-order valence-corrected chi connectivity index (χ0v) is 19.6. The van der Waals surface area contributed by atoms with Gasteiger partial charge in [0.05, 0.1) is 14.2 Å². The van der Waals surface area contributed by atoms with E-state index in [0.29, 0.717) is 18.8 Å². The standard InChI is InChI=1S/C29H32O4/c1-32-26(30)29(27(31)33-2)18-22-10-6-14-28(16-17-28)15-7-11-23(20-12-13-20)25(24(22)19-29)21-8-4-3-5-9-21/h3-9,11,14,20H,10,12-13,15-19H2,1-2H3/b11-7+,14-6-,25-23-. The summed E-state index contributed by atoms with van der Waals surface area (Å²) in [7, 11) is 2.71. The maximum absolute atomic E-state index is 13.0.